The van der Waals surface area contributed by atoms with Crippen LogP contribution in [0.25, 0.3) is 10.9 Å². The van der Waals surface area contributed by atoms with E-state index in [1.54, 1.807) is 6.07 Å². The van der Waals surface area contributed by atoms with Gasteiger partial charge >= 0.3 is 0 Å². The number of H-pyrrole nitrogens is 1. The second-order valence-electron chi connectivity index (χ2n) is 9.00. The highest BCUT2D eigenvalue weighted by molar-refractivity contribution is 7.11. The first kappa shape index (κ1) is 23.3. The number of aromatic amines is 1. The summed E-state index contributed by atoms with van der Waals surface area (Å²) in [6.07, 6.45) is 3.40. The van der Waals surface area contributed by atoms with Crippen molar-refractivity contribution in [2.75, 3.05) is 26.3 Å². The zero-order chi connectivity index (χ0) is 23.7. The van der Waals surface area contributed by atoms with Crippen LogP contribution in [0.5, 0.6) is 0 Å². The summed E-state index contributed by atoms with van der Waals surface area (Å²) < 4.78 is 5.39. The Morgan fingerprint density at radius 1 is 1.35 bits per heavy atom. The molecule has 1 unspecified atom stereocenters. The van der Waals surface area contributed by atoms with Crippen LogP contribution in [0.15, 0.2) is 23.6 Å². The van der Waals surface area contributed by atoms with E-state index in [9.17, 15) is 9.90 Å². The van der Waals surface area contributed by atoms with Gasteiger partial charge in [-0.05, 0) is 48.9 Å². The molecule has 1 aliphatic heterocycles. The number of amides is 1. The summed E-state index contributed by atoms with van der Waals surface area (Å²) in [5.41, 5.74) is 2.88. The predicted octanol–water partition coefficient (Wildman–Crippen LogP) is 3.25. The number of morpholine rings is 1. The normalized spacial score (nSPS) is 21.6. The van der Waals surface area contributed by atoms with Crippen LogP contribution in [-0.2, 0) is 11.3 Å². The molecular weight excluding hydrogens is 474 g/mol. The fraction of sp³-hybridized carbons (Fsp3) is 0.458. The second-order valence-corrected chi connectivity index (χ2v) is 10.3. The lowest BCUT2D eigenvalue weighted by Crippen LogP contribution is -2.38. The van der Waals surface area contributed by atoms with Crippen molar-refractivity contribution >= 4 is 45.6 Å². The molecule has 5 rings (SSSR count). The van der Waals surface area contributed by atoms with E-state index in [-0.39, 0.29) is 17.9 Å². The van der Waals surface area contributed by atoms with Crippen molar-refractivity contribution in [3.05, 3.63) is 50.6 Å². The molecule has 3 N–H and O–H groups in total. The summed E-state index contributed by atoms with van der Waals surface area (Å²) in [4.78, 5) is 22.9. The number of hydrogen-bond donors (Lipinski definition) is 3. The third-order valence-electron chi connectivity index (χ3n) is 6.68. The average Bonchev–Trinajstić information content (AvgIpc) is 3.44. The molecule has 2 fully saturated rings. The first-order chi connectivity index (χ1) is 16.5. The summed E-state index contributed by atoms with van der Waals surface area (Å²) in [6.45, 7) is 3.95. The largest absolute Gasteiger partial charge is 0.858 e. The molecule has 2 aliphatic rings. The molecule has 1 aliphatic carbocycles. The maximum atomic E-state index is 12.9. The minimum Gasteiger partial charge on any atom is -0.858 e. The molecule has 1 saturated heterocycles. The summed E-state index contributed by atoms with van der Waals surface area (Å²) in [7, 11) is 0. The van der Waals surface area contributed by atoms with E-state index in [2.05, 4.69) is 20.2 Å². The van der Waals surface area contributed by atoms with E-state index >= 15 is 0 Å². The van der Waals surface area contributed by atoms with Crippen molar-refractivity contribution in [2.24, 2.45) is 0 Å². The summed E-state index contributed by atoms with van der Waals surface area (Å²) in [6, 6.07) is 5.44. The van der Waals surface area contributed by atoms with Gasteiger partial charge in [0.25, 0.3) is 5.91 Å². The number of aromatic nitrogens is 2. The molecular formula is C24H27ClN5O3S-. The van der Waals surface area contributed by atoms with Crippen LogP contribution in [0.3, 0.4) is 0 Å². The number of hydrogen-bond acceptors (Lipinski definition) is 7. The third kappa shape index (κ3) is 4.98. The number of carbonyl (C=O) groups is 1. The summed E-state index contributed by atoms with van der Waals surface area (Å²) >= 11 is 7.60. The molecule has 180 valence electrons. The molecule has 0 spiro atoms. The molecule has 2 atom stereocenters. The Hall–Kier alpha value is -2.46. The van der Waals surface area contributed by atoms with Crippen LogP contribution in [0, 0.1) is 5.41 Å². The van der Waals surface area contributed by atoms with Gasteiger partial charge in [-0.15, -0.1) is 11.3 Å². The molecule has 3 heterocycles. The van der Waals surface area contributed by atoms with Gasteiger partial charge in [-0.2, -0.15) is 0 Å². The Kier molecular flexibility index (Phi) is 6.87. The van der Waals surface area contributed by atoms with Gasteiger partial charge in [0.2, 0.25) is 0 Å². The Labute approximate surface area is 206 Å². The molecule has 10 heteroatoms. The first-order valence-electron chi connectivity index (χ1n) is 11.6. The zero-order valence-electron chi connectivity index (χ0n) is 18.7. The number of carbonyl (C=O) groups excluding carboxylic acids is 1. The molecule has 0 radical (unpaired) electrons. The summed E-state index contributed by atoms with van der Waals surface area (Å²) in [5, 5.41) is 26.9. The molecule has 2 aromatic heterocycles. The standard InChI is InChI=1S/C24H28ClN5O3S/c25-15-4-5-19-18(11-15)20(21(29-19)22(26)31)14-2-1-3-16(10-14)27-23(32)24-28-17(13-34-24)12-30-6-8-33-9-7-30/h4-5,11,13-14,16,29H,1-3,6-10,12H2,(H2,26,31)(H,27,32)/p-1/t14?,16-/m1/s1. The number of thiazole rings is 1. The van der Waals surface area contributed by atoms with Crippen molar-refractivity contribution in [3.63, 3.8) is 0 Å². The molecule has 34 heavy (non-hydrogen) atoms. The SMILES string of the molecule is N=C([O-])c1[nH]c2ccc(Cl)cc2c1C1CCC[C@@H](NC(=O)c2nc(CN3CCOCC3)cs2)C1. The Morgan fingerprint density at radius 2 is 2.18 bits per heavy atom. The van der Waals surface area contributed by atoms with Gasteiger partial charge in [0.1, 0.15) is 0 Å². The van der Waals surface area contributed by atoms with E-state index in [1.165, 1.54) is 11.3 Å². The van der Waals surface area contributed by atoms with Crippen molar-refractivity contribution in [2.45, 2.75) is 44.2 Å². The molecule has 1 saturated carbocycles. The van der Waals surface area contributed by atoms with Gasteiger partial charge < -0.3 is 25.6 Å². The van der Waals surface area contributed by atoms with Gasteiger partial charge in [0, 0.05) is 52.9 Å². The molecule has 1 amide bonds. The van der Waals surface area contributed by atoms with Crippen LogP contribution in [-0.4, -0.2) is 59.0 Å². The van der Waals surface area contributed by atoms with Crippen molar-refractivity contribution < 1.29 is 14.6 Å². The first-order valence-corrected chi connectivity index (χ1v) is 12.9. The lowest BCUT2D eigenvalue weighted by molar-refractivity contribution is -0.215. The monoisotopic (exact) mass is 500 g/mol. The molecule has 1 aromatic carbocycles. The number of fused-ring (bicyclic) bond motifs is 1. The van der Waals surface area contributed by atoms with E-state index in [0.717, 1.165) is 74.3 Å². The fourth-order valence-electron chi connectivity index (χ4n) is 5.09. The highest BCUT2D eigenvalue weighted by atomic mass is 35.5. The minimum atomic E-state index is -0.732. The van der Waals surface area contributed by atoms with E-state index < -0.39 is 5.90 Å². The number of halogens is 1. The topological polar surface area (TPSA) is 117 Å². The minimum absolute atomic E-state index is 0.0179. The quantitative estimate of drug-likeness (QED) is 0.355. The van der Waals surface area contributed by atoms with Gasteiger partial charge in [-0.1, -0.05) is 18.0 Å². The second kappa shape index (κ2) is 10.0. The maximum absolute atomic E-state index is 12.9. The number of benzene rings is 1. The van der Waals surface area contributed by atoms with Gasteiger partial charge in [0.15, 0.2) is 5.01 Å². The van der Waals surface area contributed by atoms with Crippen LogP contribution >= 0.6 is 22.9 Å². The Balaban J connectivity index is 1.28. The van der Waals surface area contributed by atoms with Crippen LogP contribution in [0.4, 0.5) is 0 Å². The lowest BCUT2D eigenvalue weighted by Gasteiger charge is -2.30. The molecule has 0 bridgehead atoms. The highest BCUT2D eigenvalue weighted by Crippen LogP contribution is 2.39. The Morgan fingerprint density at radius 3 is 2.97 bits per heavy atom. The number of ether oxygens (including phenoxy) is 1. The highest BCUT2D eigenvalue weighted by Gasteiger charge is 2.29. The van der Waals surface area contributed by atoms with Crippen molar-refractivity contribution in [1.29, 1.82) is 5.41 Å². The maximum Gasteiger partial charge on any atom is 0.280 e. The van der Waals surface area contributed by atoms with E-state index in [4.69, 9.17) is 21.7 Å². The molecule has 3 aromatic rings. The fourth-order valence-corrected chi connectivity index (χ4v) is 5.97. The summed E-state index contributed by atoms with van der Waals surface area (Å²) in [5.74, 6) is -0.824. The zero-order valence-corrected chi connectivity index (χ0v) is 20.3. The van der Waals surface area contributed by atoms with E-state index in [1.807, 2.05) is 17.5 Å². The van der Waals surface area contributed by atoms with Crippen LogP contribution in [0.1, 0.15) is 58.4 Å². The van der Waals surface area contributed by atoms with Crippen molar-refractivity contribution in [1.82, 2.24) is 20.2 Å². The van der Waals surface area contributed by atoms with Crippen LogP contribution < -0.4 is 10.4 Å². The lowest BCUT2D eigenvalue weighted by atomic mass is 9.80. The van der Waals surface area contributed by atoms with Crippen LogP contribution in [0.2, 0.25) is 5.02 Å². The Bertz CT molecular complexity index is 1200. The van der Waals surface area contributed by atoms with Crippen molar-refractivity contribution in [3.8, 4) is 0 Å². The number of rotatable bonds is 6. The third-order valence-corrected chi connectivity index (χ3v) is 7.81. The van der Waals surface area contributed by atoms with Gasteiger partial charge in [0.05, 0.1) is 24.6 Å². The number of nitrogens with zero attached hydrogens (tertiary/aromatic N) is 2. The average molecular weight is 501 g/mol. The number of nitrogens with one attached hydrogen (secondary N) is 3. The van der Waals surface area contributed by atoms with Gasteiger partial charge in [-0.3, -0.25) is 9.69 Å². The predicted molar refractivity (Wildman–Crippen MR) is 131 cm³/mol. The smallest absolute Gasteiger partial charge is 0.280 e. The van der Waals surface area contributed by atoms with E-state index in [0.29, 0.717) is 22.1 Å². The van der Waals surface area contributed by atoms with Gasteiger partial charge in [-0.25, -0.2) is 4.98 Å². The molecule has 8 nitrogen and oxygen atoms in total.